The highest BCUT2D eigenvalue weighted by Gasteiger charge is 2.10. The van der Waals surface area contributed by atoms with Crippen LogP contribution in [0, 0.1) is 13.8 Å². The summed E-state index contributed by atoms with van der Waals surface area (Å²) in [6.07, 6.45) is 1.95. The summed E-state index contributed by atoms with van der Waals surface area (Å²) in [6, 6.07) is 12.2. The number of rotatable bonds is 8. The molecular weight excluding hydrogens is 444 g/mol. The van der Waals surface area contributed by atoms with Crippen LogP contribution < -0.4 is 0 Å². The molecule has 0 unspecified atom stereocenters. The molecule has 2 aromatic heterocycles. The number of aromatic nitrogens is 4. The third kappa shape index (κ3) is 7.15. The van der Waals surface area contributed by atoms with Gasteiger partial charge in [0, 0.05) is 19.9 Å². The number of imidazole rings is 2. The number of benzene rings is 2. The monoisotopic (exact) mass is 478 g/mol. The third-order valence-corrected chi connectivity index (χ3v) is 5.54. The van der Waals surface area contributed by atoms with Crippen LogP contribution in [0.5, 0.6) is 0 Å². The zero-order chi connectivity index (χ0) is 25.4. The highest BCUT2D eigenvalue weighted by Crippen LogP contribution is 2.17. The van der Waals surface area contributed by atoms with E-state index in [4.69, 9.17) is 9.47 Å². The Kier molecular flexibility index (Phi) is 9.00. The molecule has 0 aliphatic heterocycles. The van der Waals surface area contributed by atoms with Crippen LogP contribution in [-0.2, 0) is 39.0 Å². The summed E-state index contributed by atoms with van der Waals surface area (Å²) in [5.74, 6) is 1.41. The molecule has 8 heteroatoms. The van der Waals surface area contributed by atoms with Crippen molar-refractivity contribution in [2.24, 2.45) is 7.05 Å². The third-order valence-electron chi connectivity index (χ3n) is 5.54. The molecule has 2 aromatic carbocycles. The normalized spacial score (nSPS) is 10.8. The van der Waals surface area contributed by atoms with Crippen LogP contribution in [0.15, 0.2) is 36.4 Å². The molecule has 4 aromatic rings. The van der Waals surface area contributed by atoms with E-state index in [1.165, 1.54) is 11.1 Å². The second-order valence-corrected chi connectivity index (χ2v) is 8.39. The molecule has 1 N–H and O–H groups in total. The molecule has 0 aliphatic rings. The molecule has 2 heterocycles. The van der Waals surface area contributed by atoms with E-state index in [2.05, 4.69) is 34.0 Å². The summed E-state index contributed by atoms with van der Waals surface area (Å²) >= 11 is 0. The van der Waals surface area contributed by atoms with Gasteiger partial charge in [0.05, 0.1) is 48.1 Å². The van der Waals surface area contributed by atoms with Crippen molar-refractivity contribution in [3.05, 3.63) is 59.2 Å². The number of aromatic amines is 1. The van der Waals surface area contributed by atoms with Crippen molar-refractivity contribution in [2.45, 2.75) is 53.4 Å². The second kappa shape index (κ2) is 12.1. The topological polar surface area (TPSA) is 99.1 Å². The molecule has 0 saturated heterocycles. The van der Waals surface area contributed by atoms with Gasteiger partial charge in [0.15, 0.2) is 0 Å². The first-order valence-corrected chi connectivity index (χ1v) is 12.0. The number of nitrogens with zero attached hydrogens (tertiary/aromatic N) is 3. The number of nitrogens with one attached hydrogen (secondary N) is 1. The number of hydrogen-bond acceptors (Lipinski definition) is 6. The first-order valence-electron chi connectivity index (χ1n) is 12.0. The van der Waals surface area contributed by atoms with Gasteiger partial charge >= 0.3 is 11.9 Å². The van der Waals surface area contributed by atoms with Crippen molar-refractivity contribution in [1.82, 2.24) is 19.5 Å². The highest BCUT2D eigenvalue weighted by molar-refractivity contribution is 5.77. The molecule has 186 valence electrons. The van der Waals surface area contributed by atoms with E-state index in [1.54, 1.807) is 0 Å². The van der Waals surface area contributed by atoms with E-state index >= 15 is 0 Å². The van der Waals surface area contributed by atoms with E-state index in [0.29, 0.717) is 38.9 Å². The van der Waals surface area contributed by atoms with Gasteiger partial charge in [0.2, 0.25) is 0 Å². The molecule has 0 saturated carbocycles. The largest absolute Gasteiger partial charge is 0.466 e. The first kappa shape index (κ1) is 25.9. The van der Waals surface area contributed by atoms with Crippen LogP contribution in [0.25, 0.3) is 22.1 Å². The smallest absolute Gasteiger partial charge is 0.306 e. The van der Waals surface area contributed by atoms with Crippen LogP contribution in [0.4, 0.5) is 0 Å². The number of fused-ring (bicyclic) bond motifs is 2. The Bertz CT molecular complexity index is 1310. The minimum absolute atomic E-state index is 0.166. The molecular formula is C27H34N4O4. The number of esters is 2. The lowest BCUT2D eigenvalue weighted by Crippen LogP contribution is -2.07. The van der Waals surface area contributed by atoms with Crippen molar-refractivity contribution in [2.75, 3.05) is 13.2 Å². The number of ether oxygens (including phenoxy) is 2. The van der Waals surface area contributed by atoms with Crippen LogP contribution in [0.3, 0.4) is 0 Å². The van der Waals surface area contributed by atoms with Gasteiger partial charge in [-0.15, -0.1) is 0 Å². The number of aryl methyl sites for hydroxylation is 5. The molecule has 0 fully saturated rings. The van der Waals surface area contributed by atoms with Crippen molar-refractivity contribution in [3.8, 4) is 0 Å². The zero-order valence-electron chi connectivity index (χ0n) is 21.2. The Labute approximate surface area is 205 Å². The van der Waals surface area contributed by atoms with Crippen LogP contribution in [-0.4, -0.2) is 44.7 Å². The van der Waals surface area contributed by atoms with E-state index in [0.717, 1.165) is 33.7 Å². The van der Waals surface area contributed by atoms with Gasteiger partial charge in [-0.05, 0) is 63.1 Å². The summed E-state index contributed by atoms with van der Waals surface area (Å²) in [4.78, 5) is 34.7. The number of hydrogen-bond donors (Lipinski definition) is 1. The van der Waals surface area contributed by atoms with Gasteiger partial charge in [-0.3, -0.25) is 9.59 Å². The minimum atomic E-state index is -0.177. The zero-order valence-corrected chi connectivity index (χ0v) is 21.2. The molecule has 35 heavy (non-hydrogen) atoms. The summed E-state index contributed by atoms with van der Waals surface area (Å²) in [5, 5.41) is 0. The van der Waals surface area contributed by atoms with E-state index in [9.17, 15) is 9.59 Å². The molecule has 0 bridgehead atoms. The molecule has 8 nitrogen and oxygen atoms in total. The van der Waals surface area contributed by atoms with Crippen molar-refractivity contribution in [3.63, 3.8) is 0 Å². The highest BCUT2D eigenvalue weighted by atomic mass is 16.5. The lowest BCUT2D eigenvalue weighted by molar-refractivity contribution is -0.144. The summed E-state index contributed by atoms with van der Waals surface area (Å²) in [6.45, 7) is 8.58. The van der Waals surface area contributed by atoms with Crippen molar-refractivity contribution in [1.29, 1.82) is 0 Å². The van der Waals surface area contributed by atoms with Gasteiger partial charge in [0.25, 0.3) is 0 Å². The fourth-order valence-corrected chi connectivity index (χ4v) is 3.77. The second-order valence-electron chi connectivity index (χ2n) is 8.39. The maximum atomic E-state index is 11.3. The average molecular weight is 479 g/mol. The summed E-state index contributed by atoms with van der Waals surface area (Å²) < 4.78 is 11.8. The minimum Gasteiger partial charge on any atom is -0.466 e. The quantitative estimate of drug-likeness (QED) is 0.367. The van der Waals surface area contributed by atoms with Gasteiger partial charge in [-0.2, -0.15) is 0 Å². The molecule has 0 amide bonds. The standard InChI is InChI=1S/C14H18N2O2.C13H16N2O2/c1-4-18-14(17)8-7-13-15-11-6-5-10(2)9-12(11)16(13)3;1-3-17-13(16)7-6-12-14-10-5-4-9(2)8-11(10)15-12/h5-6,9H,4,7-8H2,1-3H3;4-5,8H,3,6-7H2,1-2H3,(H,14,15). The van der Waals surface area contributed by atoms with E-state index in [-0.39, 0.29) is 11.9 Å². The maximum absolute atomic E-state index is 11.3. The Morgan fingerprint density at radius 3 is 2.11 bits per heavy atom. The Balaban J connectivity index is 0.000000196. The fourth-order valence-electron chi connectivity index (χ4n) is 3.77. The Hall–Kier alpha value is -3.68. The molecule has 4 rings (SSSR count). The average Bonchev–Trinajstić information content (AvgIpc) is 3.37. The van der Waals surface area contributed by atoms with E-state index in [1.807, 2.05) is 56.7 Å². The summed E-state index contributed by atoms with van der Waals surface area (Å²) in [7, 11) is 1.98. The van der Waals surface area contributed by atoms with Crippen molar-refractivity contribution < 1.29 is 19.1 Å². The van der Waals surface area contributed by atoms with Gasteiger partial charge in [-0.25, -0.2) is 9.97 Å². The Morgan fingerprint density at radius 2 is 1.46 bits per heavy atom. The van der Waals surface area contributed by atoms with Gasteiger partial charge in [-0.1, -0.05) is 12.1 Å². The van der Waals surface area contributed by atoms with Gasteiger partial charge in [0.1, 0.15) is 11.6 Å². The predicted molar refractivity (Wildman–Crippen MR) is 136 cm³/mol. The van der Waals surface area contributed by atoms with Crippen molar-refractivity contribution >= 4 is 34.0 Å². The Morgan fingerprint density at radius 1 is 0.857 bits per heavy atom. The van der Waals surface area contributed by atoms with Crippen LogP contribution >= 0.6 is 0 Å². The molecule has 0 atom stereocenters. The predicted octanol–water partition coefficient (Wildman–Crippen LogP) is 4.74. The number of H-pyrrole nitrogens is 1. The number of carbonyl (C=O) groups is 2. The molecule has 0 spiro atoms. The molecule has 0 radical (unpaired) electrons. The lowest BCUT2D eigenvalue weighted by Gasteiger charge is -2.03. The molecule has 0 aliphatic carbocycles. The maximum Gasteiger partial charge on any atom is 0.306 e. The van der Waals surface area contributed by atoms with Crippen LogP contribution in [0.1, 0.15) is 49.5 Å². The first-order chi connectivity index (χ1) is 16.8. The summed E-state index contributed by atoms with van der Waals surface area (Å²) in [5.41, 5.74) is 6.44. The van der Waals surface area contributed by atoms with Gasteiger partial charge < -0.3 is 19.0 Å². The number of carbonyl (C=O) groups excluding carboxylic acids is 2. The lowest BCUT2D eigenvalue weighted by atomic mass is 10.2. The van der Waals surface area contributed by atoms with Crippen LogP contribution in [0.2, 0.25) is 0 Å². The van der Waals surface area contributed by atoms with E-state index < -0.39 is 0 Å². The SMILES string of the molecule is CCOC(=O)CCc1nc2ccc(C)cc2[nH]1.CCOC(=O)CCc1nc2ccc(C)cc2n1C. The fraction of sp³-hybridized carbons (Fsp3) is 0.407.